The Balaban J connectivity index is 1.10. The van der Waals surface area contributed by atoms with Gasteiger partial charge in [-0.2, -0.15) is 0 Å². The summed E-state index contributed by atoms with van der Waals surface area (Å²) in [5.74, 6) is -0.0380. The van der Waals surface area contributed by atoms with Crippen molar-refractivity contribution in [1.82, 2.24) is 14.3 Å². The lowest BCUT2D eigenvalue weighted by molar-refractivity contribution is -0.134. The molecule has 4 fully saturated rings. The first kappa shape index (κ1) is 24.4. The van der Waals surface area contributed by atoms with Gasteiger partial charge in [0.05, 0.1) is 36.1 Å². The van der Waals surface area contributed by atoms with Crippen molar-refractivity contribution >= 4 is 10.0 Å². The second kappa shape index (κ2) is 8.69. The second-order valence-electron chi connectivity index (χ2n) is 12.0. The van der Waals surface area contributed by atoms with Gasteiger partial charge in [0.15, 0.2) is 0 Å². The fourth-order valence-electron chi connectivity index (χ4n) is 8.43. The maximum absolute atomic E-state index is 15.0. The average molecular weight is 540 g/mol. The van der Waals surface area contributed by atoms with Crippen LogP contribution >= 0.6 is 0 Å². The summed E-state index contributed by atoms with van der Waals surface area (Å²) in [4.78, 5) is 4.28. The standard InChI is InChI=1S/C29H31F2N3O3S/c30-21-6-4-17(5-7-21)15-38(36,37)33-28-19-8-18-9-20(28)13-29(11-18,12-19)26(35)10-24-27-22(2-1-3-23(27)31)25-14-32-16-34(24)25/h1-7,14,16,18-20,24,26,28,33,35H,8-13,15H2. The van der Waals surface area contributed by atoms with Crippen molar-refractivity contribution in [3.05, 3.63) is 77.8 Å². The molecule has 4 bridgehead atoms. The van der Waals surface area contributed by atoms with Crippen molar-refractivity contribution in [3.63, 3.8) is 0 Å². The van der Waals surface area contributed by atoms with Gasteiger partial charge in [-0.1, -0.05) is 24.3 Å². The molecule has 0 radical (unpaired) electrons. The summed E-state index contributed by atoms with van der Waals surface area (Å²) in [7, 11) is -3.60. The summed E-state index contributed by atoms with van der Waals surface area (Å²) in [5.41, 5.74) is 2.60. The predicted octanol–water partition coefficient (Wildman–Crippen LogP) is 4.80. The molecule has 1 aromatic heterocycles. The largest absolute Gasteiger partial charge is 0.392 e. The van der Waals surface area contributed by atoms with Crippen LogP contribution in [0.2, 0.25) is 0 Å². The maximum Gasteiger partial charge on any atom is 0.216 e. The van der Waals surface area contributed by atoms with Gasteiger partial charge in [0.25, 0.3) is 0 Å². The number of nitrogens with one attached hydrogen (secondary N) is 1. The van der Waals surface area contributed by atoms with Crippen LogP contribution in [0.5, 0.6) is 0 Å². The number of imidazole rings is 1. The van der Waals surface area contributed by atoms with Crippen LogP contribution in [0.3, 0.4) is 0 Å². The van der Waals surface area contributed by atoms with Gasteiger partial charge in [-0.3, -0.25) is 0 Å². The summed E-state index contributed by atoms with van der Waals surface area (Å²) in [6, 6.07) is 10.2. The Morgan fingerprint density at radius 3 is 2.55 bits per heavy atom. The van der Waals surface area contributed by atoms with Gasteiger partial charge in [0, 0.05) is 17.2 Å². The van der Waals surface area contributed by atoms with Crippen LogP contribution in [0, 0.1) is 34.8 Å². The molecule has 4 aliphatic carbocycles. The van der Waals surface area contributed by atoms with Gasteiger partial charge in [-0.25, -0.2) is 26.9 Å². The quantitative estimate of drug-likeness (QED) is 0.452. The van der Waals surface area contributed by atoms with Crippen molar-refractivity contribution in [2.24, 2.45) is 23.2 Å². The Labute approximate surface area is 221 Å². The lowest BCUT2D eigenvalue weighted by Gasteiger charge is -2.61. The number of hydrogen-bond donors (Lipinski definition) is 2. The number of nitrogens with zero attached hydrogens (tertiary/aromatic N) is 2. The topological polar surface area (TPSA) is 84.2 Å². The zero-order valence-electron chi connectivity index (χ0n) is 20.9. The minimum absolute atomic E-state index is 0.151. The molecule has 4 unspecified atom stereocenters. The molecule has 200 valence electrons. The molecule has 4 saturated carbocycles. The molecule has 1 aliphatic heterocycles. The average Bonchev–Trinajstić information content (AvgIpc) is 3.45. The molecule has 0 saturated heterocycles. The van der Waals surface area contributed by atoms with Crippen LogP contribution in [0.4, 0.5) is 8.78 Å². The van der Waals surface area contributed by atoms with Crippen molar-refractivity contribution in [3.8, 4) is 11.3 Å². The first-order valence-electron chi connectivity index (χ1n) is 13.4. The van der Waals surface area contributed by atoms with Crippen LogP contribution in [0.1, 0.15) is 55.7 Å². The Morgan fingerprint density at radius 1 is 1.08 bits per heavy atom. The number of rotatable bonds is 7. The summed E-state index contributed by atoms with van der Waals surface area (Å²) in [5, 5.41) is 11.8. The molecule has 4 atom stereocenters. The molecule has 9 heteroatoms. The van der Waals surface area contributed by atoms with E-state index in [2.05, 4.69) is 9.71 Å². The lowest BCUT2D eigenvalue weighted by atomic mass is 9.46. The highest BCUT2D eigenvalue weighted by atomic mass is 32.2. The van der Waals surface area contributed by atoms with Crippen molar-refractivity contribution in [2.75, 3.05) is 0 Å². The smallest absolute Gasteiger partial charge is 0.216 e. The summed E-state index contributed by atoms with van der Waals surface area (Å²) < 4.78 is 59.3. The first-order chi connectivity index (χ1) is 18.2. The Hall–Kier alpha value is -2.62. The van der Waals surface area contributed by atoms with Gasteiger partial charge in [-0.05, 0) is 85.5 Å². The maximum atomic E-state index is 15.0. The number of aliphatic hydroxyl groups is 1. The molecule has 2 heterocycles. The highest BCUT2D eigenvalue weighted by molar-refractivity contribution is 7.88. The number of aromatic nitrogens is 2. The van der Waals surface area contributed by atoms with E-state index in [0.29, 0.717) is 23.5 Å². The summed E-state index contributed by atoms with van der Waals surface area (Å²) in [6.45, 7) is 0. The number of aliphatic hydroxyl groups excluding tert-OH is 1. The van der Waals surface area contributed by atoms with Gasteiger partial charge in [-0.15, -0.1) is 0 Å². The van der Waals surface area contributed by atoms with Gasteiger partial charge >= 0.3 is 0 Å². The molecule has 5 aliphatic rings. The van der Waals surface area contributed by atoms with E-state index in [1.807, 2.05) is 10.6 Å². The molecule has 0 spiro atoms. The summed E-state index contributed by atoms with van der Waals surface area (Å²) >= 11 is 0. The Bertz CT molecular complexity index is 1470. The Morgan fingerprint density at radius 2 is 1.82 bits per heavy atom. The van der Waals surface area contributed by atoms with E-state index in [-0.39, 0.29) is 40.9 Å². The van der Waals surface area contributed by atoms with E-state index >= 15 is 0 Å². The fraction of sp³-hybridized carbons (Fsp3) is 0.483. The van der Waals surface area contributed by atoms with Crippen LogP contribution in [0.15, 0.2) is 55.0 Å². The van der Waals surface area contributed by atoms with E-state index < -0.39 is 21.9 Å². The molecular formula is C29H31F2N3O3S. The SMILES string of the molecule is O=S(=O)(Cc1ccc(F)cc1)NC1C2CC3CC1CC(C(O)CC1c4c(F)cccc4-c4cncn41)(C3)C2. The molecule has 8 rings (SSSR count). The van der Waals surface area contributed by atoms with Crippen molar-refractivity contribution < 1.29 is 22.3 Å². The third-order valence-electron chi connectivity index (χ3n) is 9.72. The molecule has 0 amide bonds. The highest BCUT2D eigenvalue weighted by Gasteiger charge is 2.58. The zero-order valence-corrected chi connectivity index (χ0v) is 21.7. The molecule has 3 aromatic rings. The molecular weight excluding hydrogens is 508 g/mol. The normalized spacial score (nSPS) is 31.8. The van der Waals surface area contributed by atoms with E-state index in [0.717, 1.165) is 43.4 Å². The zero-order chi connectivity index (χ0) is 26.2. The number of hydrogen-bond acceptors (Lipinski definition) is 4. The number of sulfonamides is 1. The minimum Gasteiger partial charge on any atom is -0.392 e. The molecule has 38 heavy (non-hydrogen) atoms. The monoisotopic (exact) mass is 539 g/mol. The van der Waals surface area contributed by atoms with Gasteiger partial charge in [0.1, 0.15) is 11.6 Å². The number of halogens is 2. The van der Waals surface area contributed by atoms with Crippen LogP contribution in [-0.2, 0) is 15.8 Å². The Kier molecular flexibility index (Phi) is 5.59. The van der Waals surface area contributed by atoms with E-state index in [1.165, 1.54) is 30.3 Å². The predicted molar refractivity (Wildman–Crippen MR) is 138 cm³/mol. The minimum atomic E-state index is -3.60. The lowest BCUT2D eigenvalue weighted by Crippen LogP contribution is -2.61. The highest BCUT2D eigenvalue weighted by Crippen LogP contribution is 2.62. The van der Waals surface area contributed by atoms with E-state index in [4.69, 9.17) is 0 Å². The molecule has 2 N–H and O–H groups in total. The number of benzene rings is 2. The second-order valence-corrected chi connectivity index (χ2v) is 13.8. The third kappa shape index (κ3) is 3.93. The molecule has 2 aromatic carbocycles. The third-order valence-corrected chi connectivity index (χ3v) is 11.1. The van der Waals surface area contributed by atoms with Gasteiger partial charge < -0.3 is 9.67 Å². The molecule has 6 nitrogen and oxygen atoms in total. The van der Waals surface area contributed by atoms with Crippen LogP contribution < -0.4 is 4.72 Å². The van der Waals surface area contributed by atoms with E-state index in [9.17, 15) is 22.3 Å². The van der Waals surface area contributed by atoms with Crippen LogP contribution in [-0.4, -0.2) is 35.2 Å². The van der Waals surface area contributed by atoms with Crippen molar-refractivity contribution in [2.45, 2.75) is 62.5 Å². The van der Waals surface area contributed by atoms with Crippen molar-refractivity contribution in [1.29, 1.82) is 0 Å². The van der Waals surface area contributed by atoms with E-state index in [1.54, 1.807) is 18.6 Å². The number of fused-ring (bicyclic) bond motifs is 3. The first-order valence-corrected chi connectivity index (χ1v) is 15.1. The summed E-state index contributed by atoms with van der Waals surface area (Å²) in [6.07, 6.45) is 7.63. The fourth-order valence-corrected chi connectivity index (χ4v) is 9.94. The van der Waals surface area contributed by atoms with Gasteiger partial charge in [0.2, 0.25) is 10.0 Å². The van der Waals surface area contributed by atoms with Crippen LogP contribution in [0.25, 0.3) is 11.3 Å².